The maximum absolute atomic E-state index is 13.8. The van der Waals surface area contributed by atoms with Crippen molar-refractivity contribution in [1.29, 1.82) is 0 Å². The van der Waals surface area contributed by atoms with Crippen LogP contribution in [0, 0.1) is 0 Å². The molecule has 11 heteroatoms. The molecule has 0 amide bonds. The molecule has 2 aliphatic heterocycles. The van der Waals surface area contributed by atoms with Crippen molar-refractivity contribution >= 4 is 28.5 Å². The maximum atomic E-state index is 13.8. The zero-order valence-electron chi connectivity index (χ0n) is 20.7. The molecule has 1 atom stereocenters. The second-order valence-corrected chi connectivity index (χ2v) is 9.78. The van der Waals surface area contributed by atoms with Crippen LogP contribution in [0.2, 0.25) is 0 Å². The van der Waals surface area contributed by atoms with Gasteiger partial charge in [-0.05, 0) is 31.7 Å². The third-order valence-electron chi connectivity index (χ3n) is 6.86. The van der Waals surface area contributed by atoms with E-state index in [4.69, 9.17) is 0 Å². The van der Waals surface area contributed by atoms with Gasteiger partial charge in [-0.25, -0.2) is 28.7 Å². The molecule has 0 saturated carbocycles. The Morgan fingerprint density at radius 1 is 1.03 bits per heavy atom. The molecule has 0 radical (unpaired) electrons. The van der Waals surface area contributed by atoms with E-state index < -0.39 is 12.0 Å². The summed E-state index contributed by atoms with van der Waals surface area (Å²) in [7, 11) is 2.14. The fraction of sp³-hybridized carbons (Fsp3) is 0.520. The van der Waals surface area contributed by atoms with Crippen LogP contribution in [-0.4, -0.2) is 87.1 Å². The average Bonchev–Trinajstić information content (AvgIpc) is 2.86. The number of likely N-dealkylation sites (N-methyl/N-ethyl adjacent to an activating group) is 1. The number of alkyl halides is 2. The molecule has 0 aromatic carbocycles. The van der Waals surface area contributed by atoms with Crippen LogP contribution in [0.3, 0.4) is 0 Å². The van der Waals surface area contributed by atoms with Gasteiger partial charge in [0, 0.05) is 76.4 Å². The van der Waals surface area contributed by atoms with Crippen molar-refractivity contribution in [1.82, 2.24) is 29.7 Å². The molecule has 0 bridgehead atoms. The number of piperidine rings is 1. The molecule has 5 rings (SSSR count). The Kier molecular flexibility index (Phi) is 6.96. The first-order valence-corrected chi connectivity index (χ1v) is 12.4. The van der Waals surface area contributed by atoms with Gasteiger partial charge in [-0.15, -0.1) is 0 Å². The summed E-state index contributed by atoms with van der Waals surface area (Å²) in [5, 5.41) is 13.9. The molecular formula is C25H32F2N8O. The minimum atomic E-state index is -2.67. The number of hydrogen-bond acceptors (Lipinski definition) is 9. The largest absolute Gasteiger partial charge is 0.387 e. The molecule has 36 heavy (non-hydrogen) atoms. The fourth-order valence-corrected chi connectivity index (χ4v) is 4.55. The molecule has 2 fully saturated rings. The summed E-state index contributed by atoms with van der Waals surface area (Å²) in [5.41, 5.74) is 2.15. The van der Waals surface area contributed by atoms with Crippen LogP contribution in [0.5, 0.6) is 0 Å². The quantitative estimate of drug-likeness (QED) is 0.531. The van der Waals surface area contributed by atoms with E-state index in [1.807, 2.05) is 23.2 Å². The van der Waals surface area contributed by atoms with Gasteiger partial charge in [-0.1, -0.05) is 6.07 Å². The van der Waals surface area contributed by atoms with Gasteiger partial charge in [0.2, 0.25) is 5.95 Å². The fourth-order valence-electron chi connectivity index (χ4n) is 4.55. The number of aromatic nitrogens is 4. The number of hydrogen-bond donors (Lipinski definition) is 2. The van der Waals surface area contributed by atoms with Gasteiger partial charge in [0.15, 0.2) is 5.82 Å². The summed E-state index contributed by atoms with van der Waals surface area (Å²) >= 11 is 0. The van der Waals surface area contributed by atoms with Crippen molar-refractivity contribution in [3.8, 4) is 0 Å². The Labute approximate surface area is 209 Å². The summed E-state index contributed by atoms with van der Waals surface area (Å²) in [6, 6.07) is 5.68. The summed E-state index contributed by atoms with van der Waals surface area (Å²) in [6.45, 7) is 7.06. The summed E-state index contributed by atoms with van der Waals surface area (Å²) in [5.74, 6) is -1.22. The molecule has 192 valence electrons. The summed E-state index contributed by atoms with van der Waals surface area (Å²) < 4.78 is 27.5. The zero-order valence-corrected chi connectivity index (χ0v) is 20.7. The molecule has 1 unspecified atom stereocenters. The van der Waals surface area contributed by atoms with Crippen LogP contribution in [0.1, 0.15) is 37.1 Å². The SMILES string of the molecule is CC(O)c1cc2cnc(Nc3ccc(CN4CCN(C)CC4)cn3)nc2c(N2CCC(F)(F)CC2)n1. The van der Waals surface area contributed by atoms with Crippen LogP contribution in [-0.2, 0) is 6.54 Å². The van der Waals surface area contributed by atoms with E-state index in [1.54, 1.807) is 19.2 Å². The van der Waals surface area contributed by atoms with Gasteiger partial charge < -0.3 is 20.2 Å². The third kappa shape index (κ3) is 5.69. The van der Waals surface area contributed by atoms with E-state index in [2.05, 4.69) is 42.1 Å². The molecule has 2 saturated heterocycles. The lowest BCUT2D eigenvalue weighted by molar-refractivity contribution is -0.0221. The van der Waals surface area contributed by atoms with Crippen LogP contribution < -0.4 is 10.2 Å². The first-order valence-electron chi connectivity index (χ1n) is 12.4. The standard InChI is InChI=1S/C25H32F2N8O/c1-17(36)20-13-19-15-29-24(32-22(19)23(30-20)35-7-5-25(26,27)6-8-35)31-21-4-3-18(14-28-21)16-34-11-9-33(2)10-12-34/h3-4,13-15,17,36H,5-12,16H2,1-2H3,(H,28,29,31,32). The van der Waals surface area contributed by atoms with Crippen molar-refractivity contribution in [2.75, 3.05) is 56.5 Å². The first-order chi connectivity index (χ1) is 17.3. The molecule has 0 aliphatic carbocycles. The van der Waals surface area contributed by atoms with E-state index in [0.29, 0.717) is 34.2 Å². The highest BCUT2D eigenvalue weighted by molar-refractivity contribution is 5.89. The first kappa shape index (κ1) is 24.7. The number of halogens is 2. The van der Waals surface area contributed by atoms with Crippen LogP contribution in [0.25, 0.3) is 10.9 Å². The average molecular weight is 499 g/mol. The number of fused-ring (bicyclic) bond motifs is 1. The van der Waals surface area contributed by atoms with E-state index >= 15 is 0 Å². The molecule has 9 nitrogen and oxygen atoms in total. The minimum Gasteiger partial charge on any atom is -0.387 e. The van der Waals surface area contributed by atoms with Gasteiger partial charge in [-0.2, -0.15) is 0 Å². The lowest BCUT2D eigenvalue weighted by Crippen LogP contribution is -2.43. The normalized spacial score (nSPS) is 20.0. The van der Waals surface area contributed by atoms with E-state index in [1.165, 1.54) is 0 Å². The van der Waals surface area contributed by atoms with Gasteiger partial charge in [0.25, 0.3) is 5.92 Å². The molecule has 3 aromatic heterocycles. The predicted octanol–water partition coefficient (Wildman–Crippen LogP) is 3.20. The minimum absolute atomic E-state index is 0.168. The number of rotatable bonds is 6. The Morgan fingerprint density at radius 2 is 1.78 bits per heavy atom. The van der Waals surface area contributed by atoms with Crippen molar-refractivity contribution in [3.63, 3.8) is 0 Å². The lowest BCUT2D eigenvalue weighted by atomic mass is 10.1. The molecule has 2 N–H and O–H groups in total. The number of aliphatic hydroxyl groups excluding tert-OH is 1. The molecule has 0 spiro atoms. The van der Waals surface area contributed by atoms with Gasteiger partial charge in [0.1, 0.15) is 11.3 Å². The van der Waals surface area contributed by atoms with E-state index in [-0.39, 0.29) is 25.9 Å². The van der Waals surface area contributed by atoms with E-state index in [0.717, 1.165) is 38.3 Å². The highest BCUT2D eigenvalue weighted by atomic mass is 19.3. The molecule has 2 aliphatic rings. The van der Waals surface area contributed by atoms with Crippen molar-refractivity contribution in [2.24, 2.45) is 0 Å². The van der Waals surface area contributed by atoms with Crippen molar-refractivity contribution in [3.05, 3.63) is 41.9 Å². The smallest absolute Gasteiger partial charge is 0.251 e. The number of pyridine rings is 2. The lowest BCUT2D eigenvalue weighted by Gasteiger charge is -2.33. The van der Waals surface area contributed by atoms with E-state index in [9.17, 15) is 13.9 Å². The Hall–Kier alpha value is -3.02. The number of aliphatic hydroxyl groups is 1. The van der Waals surface area contributed by atoms with Gasteiger partial charge in [0.05, 0.1) is 11.8 Å². The summed E-state index contributed by atoms with van der Waals surface area (Å²) in [4.78, 5) is 24.7. The Morgan fingerprint density at radius 3 is 2.44 bits per heavy atom. The van der Waals surface area contributed by atoms with Crippen LogP contribution >= 0.6 is 0 Å². The highest BCUT2D eigenvalue weighted by Gasteiger charge is 2.35. The second kappa shape index (κ2) is 10.2. The number of nitrogens with one attached hydrogen (secondary N) is 1. The molecule has 3 aromatic rings. The topological polar surface area (TPSA) is 93.5 Å². The number of nitrogens with zero attached hydrogens (tertiary/aromatic N) is 7. The van der Waals surface area contributed by atoms with Crippen LogP contribution in [0.4, 0.5) is 26.4 Å². The predicted molar refractivity (Wildman–Crippen MR) is 135 cm³/mol. The van der Waals surface area contributed by atoms with Gasteiger partial charge in [-0.3, -0.25) is 4.90 Å². The Bertz CT molecular complexity index is 1190. The zero-order chi connectivity index (χ0) is 25.3. The molecular weight excluding hydrogens is 466 g/mol. The highest BCUT2D eigenvalue weighted by Crippen LogP contribution is 2.33. The number of anilines is 3. The van der Waals surface area contributed by atoms with Crippen LogP contribution in [0.15, 0.2) is 30.6 Å². The van der Waals surface area contributed by atoms with Crippen molar-refractivity contribution < 1.29 is 13.9 Å². The second-order valence-electron chi connectivity index (χ2n) is 9.78. The third-order valence-corrected chi connectivity index (χ3v) is 6.86. The van der Waals surface area contributed by atoms with Crippen molar-refractivity contribution in [2.45, 2.75) is 38.3 Å². The van der Waals surface area contributed by atoms with Gasteiger partial charge >= 0.3 is 0 Å². The Balaban J connectivity index is 1.35. The number of piperazine rings is 1. The maximum Gasteiger partial charge on any atom is 0.251 e. The monoisotopic (exact) mass is 498 g/mol. The summed E-state index contributed by atoms with van der Waals surface area (Å²) in [6.07, 6.45) is 2.23. The molecule has 5 heterocycles.